The molecule has 12 heavy (non-hydrogen) atoms. The first kappa shape index (κ1) is 9.04. The molecule has 66 valence electrons. The topological polar surface area (TPSA) is 26.3 Å². The maximum absolute atomic E-state index is 11.1. The molecule has 1 rings (SSSR count). The molecular weight excluding hydrogens is 152 g/mol. The van der Waals surface area contributed by atoms with E-state index in [0.717, 1.165) is 12.0 Å². The number of ether oxygens (including phenoxy) is 1. The molecule has 2 heteroatoms. The summed E-state index contributed by atoms with van der Waals surface area (Å²) in [6, 6.07) is 0. The van der Waals surface area contributed by atoms with Gasteiger partial charge in [-0.2, -0.15) is 0 Å². The normalized spacial score (nSPS) is 25.2. The van der Waals surface area contributed by atoms with Crippen LogP contribution < -0.4 is 0 Å². The summed E-state index contributed by atoms with van der Waals surface area (Å²) in [6.07, 6.45) is 4.12. The molecule has 1 fully saturated rings. The molecule has 0 atom stereocenters. The molecule has 1 saturated heterocycles. The number of hydrogen-bond donors (Lipinski definition) is 0. The minimum Gasteiger partial charge on any atom is -0.462 e. The summed E-state index contributed by atoms with van der Waals surface area (Å²) >= 11 is 0. The molecule has 1 heterocycles. The maximum atomic E-state index is 11.1. The van der Waals surface area contributed by atoms with Gasteiger partial charge in [-0.3, -0.25) is 0 Å². The van der Waals surface area contributed by atoms with Crippen LogP contribution in [-0.2, 0) is 9.53 Å². The summed E-state index contributed by atoms with van der Waals surface area (Å²) in [5.74, 6) is -0.200. The Balaban J connectivity index is 2.79. The van der Waals surface area contributed by atoms with Crippen LogP contribution in [0.4, 0.5) is 0 Å². The molecule has 0 spiro atoms. The SMILES string of the molecule is C=C/C=C1/CC(C)(C)COC1=O. The van der Waals surface area contributed by atoms with E-state index < -0.39 is 0 Å². The first-order valence-corrected chi connectivity index (χ1v) is 4.04. The van der Waals surface area contributed by atoms with Crippen molar-refractivity contribution in [1.29, 1.82) is 0 Å². The van der Waals surface area contributed by atoms with Crippen LogP contribution in [0.5, 0.6) is 0 Å². The Kier molecular flexibility index (Phi) is 2.36. The highest BCUT2D eigenvalue weighted by Gasteiger charge is 2.30. The van der Waals surface area contributed by atoms with Crippen molar-refractivity contribution in [3.8, 4) is 0 Å². The van der Waals surface area contributed by atoms with Crippen LogP contribution in [0.2, 0.25) is 0 Å². The average Bonchev–Trinajstić information content (AvgIpc) is 1.97. The number of carbonyl (C=O) groups is 1. The highest BCUT2D eigenvalue weighted by Crippen LogP contribution is 2.30. The summed E-state index contributed by atoms with van der Waals surface area (Å²) in [7, 11) is 0. The lowest BCUT2D eigenvalue weighted by Gasteiger charge is -2.29. The quantitative estimate of drug-likeness (QED) is 0.440. The van der Waals surface area contributed by atoms with Gasteiger partial charge < -0.3 is 4.74 Å². The Bertz CT molecular complexity index is 236. The fourth-order valence-corrected chi connectivity index (χ4v) is 1.26. The van der Waals surface area contributed by atoms with Crippen molar-refractivity contribution >= 4 is 5.97 Å². The van der Waals surface area contributed by atoms with Gasteiger partial charge in [-0.05, 0) is 6.42 Å². The predicted molar refractivity (Wildman–Crippen MR) is 47.6 cm³/mol. The molecule has 0 aromatic rings. The smallest absolute Gasteiger partial charge is 0.334 e. The van der Waals surface area contributed by atoms with E-state index in [-0.39, 0.29) is 11.4 Å². The van der Waals surface area contributed by atoms with E-state index in [9.17, 15) is 4.79 Å². The summed E-state index contributed by atoms with van der Waals surface area (Å²) in [6.45, 7) is 8.23. The fraction of sp³-hybridized carbons (Fsp3) is 0.500. The van der Waals surface area contributed by atoms with E-state index in [1.165, 1.54) is 0 Å². The molecule has 0 aromatic heterocycles. The molecule has 2 nitrogen and oxygen atoms in total. The van der Waals surface area contributed by atoms with Gasteiger partial charge in [0.05, 0.1) is 6.61 Å². The molecule has 1 aliphatic heterocycles. The Hall–Kier alpha value is -1.05. The van der Waals surface area contributed by atoms with Crippen molar-refractivity contribution in [3.63, 3.8) is 0 Å². The Morgan fingerprint density at radius 3 is 2.83 bits per heavy atom. The van der Waals surface area contributed by atoms with Gasteiger partial charge in [0.15, 0.2) is 0 Å². The first-order chi connectivity index (χ1) is 5.55. The number of allylic oxidation sites excluding steroid dienone is 2. The third-order valence-electron chi connectivity index (χ3n) is 1.84. The lowest BCUT2D eigenvalue weighted by molar-refractivity contribution is -0.146. The van der Waals surface area contributed by atoms with E-state index in [0.29, 0.717) is 6.61 Å². The molecule has 0 bridgehead atoms. The third kappa shape index (κ3) is 1.97. The van der Waals surface area contributed by atoms with Crippen molar-refractivity contribution < 1.29 is 9.53 Å². The summed E-state index contributed by atoms with van der Waals surface area (Å²) in [4.78, 5) is 11.1. The van der Waals surface area contributed by atoms with Gasteiger partial charge in [0.2, 0.25) is 0 Å². The molecule has 0 N–H and O–H groups in total. The van der Waals surface area contributed by atoms with Gasteiger partial charge >= 0.3 is 5.97 Å². The van der Waals surface area contributed by atoms with Gasteiger partial charge in [0.1, 0.15) is 0 Å². The predicted octanol–water partition coefficient (Wildman–Crippen LogP) is 2.07. The average molecular weight is 166 g/mol. The maximum Gasteiger partial charge on any atom is 0.334 e. The van der Waals surface area contributed by atoms with E-state index in [2.05, 4.69) is 20.4 Å². The highest BCUT2D eigenvalue weighted by atomic mass is 16.5. The highest BCUT2D eigenvalue weighted by molar-refractivity contribution is 5.89. The lowest BCUT2D eigenvalue weighted by atomic mass is 9.84. The van der Waals surface area contributed by atoms with Crippen LogP contribution in [-0.4, -0.2) is 12.6 Å². The van der Waals surface area contributed by atoms with Crippen LogP contribution >= 0.6 is 0 Å². The minimum atomic E-state index is -0.200. The van der Waals surface area contributed by atoms with Crippen molar-refractivity contribution in [2.45, 2.75) is 20.3 Å². The zero-order chi connectivity index (χ0) is 9.19. The van der Waals surface area contributed by atoms with Crippen molar-refractivity contribution in [1.82, 2.24) is 0 Å². The van der Waals surface area contributed by atoms with Crippen LogP contribution in [0.1, 0.15) is 20.3 Å². The molecule has 0 saturated carbocycles. The Morgan fingerprint density at radius 1 is 1.58 bits per heavy atom. The second-order valence-electron chi connectivity index (χ2n) is 3.84. The summed E-state index contributed by atoms with van der Waals surface area (Å²) < 4.78 is 5.00. The van der Waals surface area contributed by atoms with Gasteiger partial charge in [-0.15, -0.1) is 0 Å². The molecule has 0 unspecified atom stereocenters. The van der Waals surface area contributed by atoms with Crippen molar-refractivity contribution in [3.05, 3.63) is 24.3 Å². The van der Waals surface area contributed by atoms with Gasteiger partial charge in [-0.1, -0.05) is 32.6 Å². The fourth-order valence-electron chi connectivity index (χ4n) is 1.26. The molecule has 1 aliphatic rings. The van der Waals surface area contributed by atoms with Crippen LogP contribution in [0, 0.1) is 5.41 Å². The number of hydrogen-bond acceptors (Lipinski definition) is 2. The number of esters is 1. The molecule has 0 aliphatic carbocycles. The standard InChI is InChI=1S/C10H14O2/c1-4-5-8-6-10(2,3)7-12-9(8)11/h4-5H,1,6-7H2,2-3H3/b8-5-. The Labute approximate surface area is 72.9 Å². The summed E-state index contributed by atoms with van der Waals surface area (Å²) in [5.41, 5.74) is 0.796. The lowest BCUT2D eigenvalue weighted by Crippen LogP contribution is -2.30. The zero-order valence-electron chi connectivity index (χ0n) is 7.59. The second kappa shape index (κ2) is 3.13. The van der Waals surface area contributed by atoms with Crippen LogP contribution in [0.25, 0.3) is 0 Å². The van der Waals surface area contributed by atoms with Gasteiger partial charge in [0, 0.05) is 11.0 Å². The monoisotopic (exact) mass is 166 g/mol. The largest absolute Gasteiger partial charge is 0.462 e. The van der Waals surface area contributed by atoms with Crippen LogP contribution in [0.3, 0.4) is 0 Å². The molecular formula is C10H14O2. The molecule has 0 amide bonds. The summed E-state index contributed by atoms with van der Waals surface area (Å²) in [5, 5.41) is 0. The second-order valence-corrected chi connectivity index (χ2v) is 3.84. The Morgan fingerprint density at radius 2 is 2.25 bits per heavy atom. The van der Waals surface area contributed by atoms with Gasteiger partial charge in [0.25, 0.3) is 0 Å². The molecule has 0 aromatic carbocycles. The van der Waals surface area contributed by atoms with E-state index in [1.54, 1.807) is 12.2 Å². The first-order valence-electron chi connectivity index (χ1n) is 4.04. The van der Waals surface area contributed by atoms with E-state index in [1.807, 2.05) is 0 Å². The van der Waals surface area contributed by atoms with Gasteiger partial charge in [-0.25, -0.2) is 4.79 Å². The number of carbonyl (C=O) groups excluding carboxylic acids is 1. The molecule has 0 radical (unpaired) electrons. The third-order valence-corrected chi connectivity index (χ3v) is 1.84. The number of rotatable bonds is 1. The van der Waals surface area contributed by atoms with Crippen molar-refractivity contribution in [2.24, 2.45) is 5.41 Å². The van der Waals surface area contributed by atoms with E-state index in [4.69, 9.17) is 4.74 Å². The van der Waals surface area contributed by atoms with E-state index >= 15 is 0 Å². The van der Waals surface area contributed by atoms with Crippen LogP contribution in [0.15, 0.2) is 24.3 Å². The zero-order valence-corrected chi connectivity index (χ0v) is 7.59. The van der Waals surface area contributed by atoms with Crippen molar-refractivity contribution in [2.75, 3.05) is 6.61 Å². The minimum absolute atomic E-state index is 0.0722. The number of cyclic esters (lactones) is 1.